The number of halogens is 1. The molecular weight excluding hydrogens is 416 g/mol. The van der Waals surface area contributed by atoms with Crippen LogP contribution in [0.15, 0.2) is 72.8 Å². The molecule has 2 amide bonds. The van der Waals surface area contributed by atoms with Gasteiger partial charge in [-0.2, -0.15) is 0 Å². The third-order valence-corrected chi connectivity index (χ3v) is 5.25. The Morgan fingerprint density at radius 2 is 1.84 bits per heavy atom. The highest BCUT2D eigenvalue weighted by Gasteiger charge is 2.34. The minimum Gasteiger partial charge on any atom is -0.497 e. The molecule has 0 radical (unpaired) electrons. The van der Waals surface area contributed by atoms with Crippen LogP contribution in [-0.4, -0.2) is 31.6 Å². The van der Waals surface area contributed by atoms with Crippen LogP contribution in [-0.2, 0) is 11.3 Å². The molecule has 1 aliphatic rings. The SMILES string of the molecule is COc1ccc(CNC(=O)[C@H]2CN(C(=O)c3ccccc3)c3cc(Cl)ccc3O2)cc1. The van der Waals surface area contributed by atoms with Gasteiger partial charge in [0.25, 0.3) is 11.8 Å². The van der Waals surface area contributed by atoms with E-state index in [4.69, 9.17) is 21.1 Å². The molecule has 0 aliphatic carbocycles. The van der Waals surface area contributed by atoms with E-state index in [1.807, 2.05) is 30.3 Å². The number of amides is 2. The zero-order chi connectivity index (χ0) is 21.8. The number of nitrogens with zero attached hydrogens (tertiary/aromatic N) is 1. The molecule has 7 heteroatoms. The Morgan fingerprint density at radius 3 is 2.55 bits per heavy atom. The molecule has 0 bridgehead atoms. The van der Waals surface area contributed by atoms with Crippen molar-refractivity contribution in [2.45, 2.75) is 12.6 Å². The van der Waals surface area contributed by atoms with Gasteiger partial charge in [-0.25, -0.2) is 0 Å². The summed E-state index contributed by atoms with van der Waals surface area (Å²) in [4.78, 5) is 27.6. The molecule has 31 heavy (non-hydrogen) atoms. The van der Waals surface area contributed by atoms with Crippen molar-refractivity contribution in [3.63, 3.8) is 0 Å². The van der Waals surface area contributed by atoms with Crippen molar-refractivity contribution in [2.24, 2.45) is 0 Å². The predicted octanol–water partition coefficient (Wildman–Crippen LogP) is 4.07. The van der Waals surface area contributed by atoms with Gasteiger partial charge in [-0.05, 0) is 48.0 Å². The Labute approximate surface area is 185 Å². The van der Waals surface area contributed by atoms with E-state index in [1.165, 1.54) is 4.90 Å². The fourth-order valence-corrected chi connectivity index (χ4v) is 3.53. The number of benzene rings is 3. The van der Waals surface area contributed by atoms with Gasteiger partial charge in [0.1, 0.15) is 11.5 Å². The minimum absolute atomic E-state index is 0.0789. The molecule has 4 rings (SSSR count). The van der Waals surface area contributed by atoms with E-state index in [0.717, 1.165) is 11.3 Å². The molecule has 1 aliphatic heterocycles. The molecule has 1 N–H and O–H groups in total. The molecule has 158 valence electrons. The lowest BCUT2D eigenvalue weighted by atomic mass is 10.1. The smallest absolute Gasteiger partial charge is 0.263 e. The second-order valence-corrected chi connectivity index (χ2v) is 7.50. The molecule has 3 aromatic carbocycles. The van der Waals surface area contributed by atoms with Gasteiger partial charge in [-0.15, -0.1) is 0 Å². The normalized spacial score (nSPS) is 14.9. The van der Waals surface area contributed by atoms with Crippen LogP contribution in [0.2, 0.25) is 5.02 Å². The van der Waals surface area contributed by atoms with Crippen molar-refractivity contribution in [1.29, 1.82) is 0 Å². The first-order valence-electron chi connectivity index (χ1n) is 9.79. The first-order valence-corrected chi connectivity index (χ1v) is 10.2. The molecule has 0 aromatic heterocycles. The number of carbonyl (C=O) groups is 2. The zero-order valence-corrected chi connectivity index (χ0v) is 17.6. The van der Waals surface area contributed by atoms with Gasteiger partial charge in [0.15, 0.2) is 6.10 Å². The van der Waals surface area contributed by atoms with E-state index in [9.17, 15) is 9.59 Å². The largest absolute Gasteiger partial charge is 0.497 e. The second-order valence-electron chi connectivity index (χ2n) is 7.07. The molecule has 1 atom stereocenters. The van der Waals surface area contributed by atoms with Crippen molar-refractivity contribution in [1.82, 2.24) is 5.32 Å². The highest BCUT2D eigenvalue weighted by Crippen LogP contribution is 2.36. The van der Waals surface area contributed by atoms with Gasteiger partial charge < -0.3 is 19.7 Å². The zero-order valence-electron chi connectivity index (χ0n) is 16.9. The van der Waals surface area contributed by atoms with Gasteiger partial charge in [-0.3, -0.25) is 9.59 Å². The standard InChI is InChI=1S/C24H21ClN2O4/c1-30-19-10-7-16(8-11-19)14-26-23(28)22-15-27(24(29)17-5-3-2-4-6-17)20-13-18(25)9-12-21(20)31-22/h2-13,22H,14-15H2,1H3,(H,26,28)/t22-/m1/s1. The van der Waals surface area contributed by atoms with E-state index in [0.29, 0.717) is 28.6 Å². The number of methoxy groups -OCH3 is 1. The number of nitrogens with one attached hydrogen (secondary N) is 1. The molecular formula is C24H21ClN2O4. The van der Waals surface area contributed by atoms with Crippen LogP contribution in [0.4, 0.5) is 5.69 Å². The lowest BCUT2D eigenvalue weighted by Crippen LogP contribution is -2.50. The molecule has 6 nitrogen and oxygen atoms in total. The molecule has 1 heterocycles. The summed E-state index contributed by atoms with van der Waals surface area (Å²) in [5.41, 5.74) is 1.99. The van der Waals surface area contributed by atoms with Crippen molar-refractivity contribution in [3.8, 4) is 11.5 Å². The maximum absolute atomic E-state index is 13.2. The number of rotatable bonds is 5. The van der Waals surface area contributed by atoms with Crippen molar-refractivity contribution < 1.29 is 19.1 Å². The van der Waals surface area contributed by atoms with Crippen LogP contribution < -0.4 is 19.7 Å². The summed E-state index contributed by atoms with van der Waals surface area (Å²) in [5, 5.41) is 3.36. The van der Waals surface area contributed by atoms with E-state index in [1.54, 1.807) is 49.6 Å². The summed E-state index contributed by atoms with van der Waals surface area (Å²) in [6, 6.07) is 21.3. The summed E-state index contributed by atoms with van der Waals surface area (Å²) in [6.45, 7) is 0.415. The summed E-state index contributed by atoms with van der Waals surface area (Å²) in [7, 11) is 1.60. The first kappa shape index (κ1) is 20.8. The number of ether oxygens (including phenoxy) is 2. The van der Waals surface area contributed by atoms with Gasteiger partial charge in [0.05, 0.1) is 19.3 Å². The first-order chi connectivity index (χ1) is 15.0. The lowest BCUT2D eigenvalue weighted by molar-refractivity contribution is -0.127. The number of carbonyl (C=O) groups excluding carboxylic acids is 2. The quantitative estimate of drug-likeness (QED) is 0.654. The third-order valence-electron chi connectivity index (χ3n) is 5.01. The average molecular weight is 437 g/mol. The van der Waals surface area contributed by atoms with Gasteiger partial charge >= 0.3 is 0 Å². The number of fused-ring (bicyclic) bond motifs is 1. The molecule has 0 saturated carbocycles. The van der Waals surface area contributed by atoms with Crippen LogP contribution in [0.5, 0.6) is 11.5 Å². The van der Waals surface area contributed by atoms with Gasteiger partial charge in [0, 0.05) is 17.1 Å². The Hall–Kier alpha value is -3.51. The Bertz CT molecular complexity index is 1090. The van der Waals surface area contributed by atoms with Crippen molar-refractivity contribution in [2.75, 3.05) is 18.6 Å². The summed E-state index contributed by atoms with van der Waals surface area (Å²) < 4.78 is 11.1. The highest BCUT2D eigenvalue weighted by molar-refractivity contribution is 6.31. The summed E-state index contributed by atoms with van der Waals surface area (Å²) in [6.07, 6.45) is -0.848. The average Bonchev–Trinajstić information content (AvgIpc) is 2.82. The molecule has 0 spiro atoms. The number of anilines is 1. The van der Waals surface area contributed by atoms with Crippen LogP contribution in [0, 0.1) is 0 Å². The van der Waals surface area contributed by atoms with Crippen LogP contribution in [0.3, 0.4) is 0 Å². The van der Waals surface area contributed by atoms with E-state index in [2.05, 4.69) is 5.32 Å². The maximum atomic E-state index is 13.2. The predicted molar refractivity (Wildman–Crippen MR) is 119 cm³/mol. The fraction of sp³-hybridized carbons (Fsp3) is 0.167. The number of hydrogen-bond acceptors (Lipinski definition) is 4. The van der Waals surface area contributed by atoms with Crippen molar-refractivity contribution in [3.05, 3.63) is 88.9 Å². The summed E-state index contributed by atoms with van der Waals surface area (Å²) in [5.74, 6) is 0.656. The second kappa shape index (κ2) is 9.10. The molecule has 0 unspecified atom stereocenters. The van der Waals surface area contributed by atoms with Crippen molar-refractivity contribution >= 4 is 29.1 Å². The van der Waals surface area contributed by atoms with Crippen LogP contribution in [0.1, 0.15) is 15.9 Å². The van der Waals surface area contributed by atoms with Crippen LogP contribution >= 0.6 is 11.6 Å². The topological polar surface area (TPSA) is 67.9 Å². The Morgan fingerprint density at radius 1 is 1.10 bits per heavy atom. The molecule has 0 fully saturated rings. The minimum atomic E-state index is -0.848. The summed E-state index contributed by atoms with van der Waals surface area (Å²) >= 11 is 6.15. The Balaban J connectivity index is 1.53. The third kappa shape index (κ3) is 4.64. The highest BCUT2D eigenvalue weighted by atomic mass is 35.5. The van der Waals surface area contributed by atoms with E-state index >= 15 is 0 Å². The molecule has 3 aromatic rings. The van der Waals surface area contributed by atoms with E-state index < -0.39 is 6.10 Å². The maximum Gasteiger partial charge on any atom is 0.263 e. The van der Waals surface area contributed by atoms with Gasteiger partial charge in [0.2, 0.25) is 0 Å². The van der Waals surface area contributed by atoms with Gasteiger partial charge in [-0.1, -0.05) is 41.9 Å². The fourth-order valence-electron chi connectivity index (χ4n) is 3.37. The molecule has 0 saturated heterocycles. The monoisotopic (exact) mass is 436 g/mol. The number of hydrogen-bond donors (Lipinski definition) is 1. The lowest BCUT2D eigenvalue weighted by Gasteiger charge is -2.34. The van der Waals surface area contributed by atoms with Crippen LogP contribution in [0.25, 0.3) is 0 Å². The Kier molecular flexibility index (Phi) is 6.09. The van der Waals surface area contributed by atoms with E-state index in [-0.39, 0.29) is 18.4 Å².